The Bertz CT molecular complexity index is 625. The summed E-state index contributed by atoms with van der Waals surface area (Å²) in [7, 11) is -2.26. The van der Waals surface area contributed by atoms with Crippen LogP contribution in [0.4, 0.5) is 0 Å². The zero-order valence-corrected chi connectivity index (χ0v) is 12.6. The topological polar surface area (TPSA) is 74.7 Å². The van der Waals surface area contributed by atoms with E-state index in [1.807, 2.05) is 0 Å². The smallest absolute Gasteiger partial charge is 0.335 e. The van der Waals surface area contributed by atoms with Crippen molar-refractivity contribution in [2.45, 2.75) is 24.2 Å². The van der Waals surface area contributed by atoms with Gasteiger partial charge >= 0.3 is 5.97 Å². The maximum Gasteiger partial charge on any atom is 0.335 e. The number of carboxylic acids is 1. The summed E-state index contributed by atoms with van der Waals surface area (Å²) < 4.78 is 26.2. The number of hydrogen-bond acceptors (Lipinski definition) is 3. The van der Waals surface area contributed by atoms with Crippen molar-refractivity contribution >= 4 is 27.6 Å². The first-order valence-electron chi connectivity index (χ1n) is 6.31. The summed E-state index contributed by atoms with van der Waals surface area (Å²) in [5, 5.41) is 8.98. The second-order valence-corrected chi connectivity index (χ2v) is 7.45. The standard InChI is InChI=1S/C13H16ClNO4S/c1-15(8-9-3-2-4-9)20(18,19)12-7-10(13(16)17)5-6-11(12)14/h5-7,9H,2-4,8H2,1H3,(H,16,17). The molecule has 0 spiro atoms. The van der Waals surface area contributed by atoms with Crippen molar-refractivity contribution < 1.29 is 18.3 Å². The minimum Gasteiger partial charge on any atom is -0.478 e. The van der Waals surface area contributed by atoms with E-state index in [0.717, 1.165) is 25.3 Å². The number of carboxylic acid groups (broad SMARTS) is 1. The van der Waals surface area contributed by atoms with Crippen molar-refractivity contribution in [2.75, 3.05) is 13.6 Å². The van der Waals surface area contributed by atoms with E-state index in [0.29, 0.717) is 12.5 Å². The minimum atomic E-state index is -3.76. The summed E-state index contributed by atoms with van der Waals surface area (Å²) in [5.41, 5.74) is -0.0926. The van der Waals surface area contributed by atoms with E-state index < -0.39 is 16.0 Å². The first-order valence-corrected chi connectivity index (χ1v) is 8.13. The lowest BCUT2D eigenvalue weighted by molar-refractivity contribution is 0.0696. The summed E-state index contributed by atoms with van der Waals surface area (Å²) in [4.78, 5) is 10.8. The van der Waals surface area contributed by atoms with E-state index in [4.69, 9.17) is 16.7 Å². The van der Waals surface area contributed by atoms with Gasteiger partial charge in [-0.05, 0) is 37.0 Å². The van der Waals surface area contributed by atoms with Gasteiger partial charge < -0.3 is 5.11 Å². The van der Waals surface area contributed by atoms with Crippen LogP contribution in [0.2, 0.25) is 5.02 Å². The normalized spacial score (nSPS) is 16.1. The lowest BCUT2D eigenvalue weighted by atomic mass is 9.86. The summed E-state index contributed by atoms with van der Waals surface area (Å²) >= 11 is 5.92. The minimum absolute atomic E-state index is 0.0375. The highest BCUT2D eigenvalue weighted by Crippen LogP contribution is 2.30. The first-order chi connectivity index (χ1) is 9.32. The van der Waals surface area contributed by atoms with Crippen LogP contribution in [0.25, 0.3) is 0 Å². The molecule has 0 aromatic heterocycles. The molecule has 1 aliphatic rings. The van der Waals surface area contributed by atoms with Gasteiger partial charge in [-0.15, -0.1) is 0 Å². The molecular weight excluding hydrogens is 302 g/mol. The molecule has 1 aliphatic carbocycles. The molecule has 7 heteroatoms. The molecule has 0 bridgehead atoms. The van der Waals surface area contributed by atoms with Crippen molar-refractivity contribution in [3.8, 4) is 0 Å². The van der Waals surface area contributed by atoms with Crippen LogP contribution in [0.15, 0.2) is 23.1 Å². The zero-order chi connectivity index (χ0) is 14.9. The highest BCUT2D eigenvalue weighted by atomic mass is 35.5. The maximum absolute atomic E-state index is 12.5. The van der Waals surface area contributed by atoms with Gasteiger partial charge in [-0.25, -0.2) is 17.5 Å². The Hall–Kier alpha value is -1.11. The second kappa shape index (κ2) is 5.71. The Morgan fingerprint density at radius 1 is 1.45 bits per heavy atom. The molecule has 1 N–H and O–H groups in total. The molecule has 0 atom stereocenters. The molecule has 1 aromatic rings. The van der Waals surface area contributed by atoms with Crippen LogP contribution in [-0.4, -0.2) is 37.4 Å². The molecular formula is C13H16ClNO4S. The molecule has 0 unspecified atom stereocenters. The van der Waals surface area contributed by atoms with Crippen LogP contribution in [0.3, 0.4) is 0 Å². The van der Waals surface area contributed by atoms with Crippen molar-refractivity contribution in [1.82, 2.24) is 4.31 Å². The molecule has 5 nitrogen and oxygen atoms in total. The van der Waals surface area contributed by atoms with Gasteiger partial charge in [0.1, 0.15) is 4.90 Å². The third kappa shape index (κ3) is 2.97. The van der Waals surface area contributed by atoms with E-state index in [1.165, 1.54) is 23.5 Å². The Labute approximate surface area is 123 Å². The van der Waals surface area contributed by atoms with E-state index >= 15 is 0 Å². The van der Waals surface area contributed by atoms with Gasteiger partial charge in [0.05, 0.1) is 10.6 Å². The molecule has 0 heterocycles. The Morgan fingerprint density at radius 3 is 2.60 bits per heavy atom. The van der Waals surface area contributed by atoms with Crippen molar-refractivity contribution in [2.24, 2.45) is 5.92 Å². The summed E-state index contributed by atoms with van der Waals surface area (Å²) in [5.74, 6) is -0.795. The molecule has 2 rings (SSSR count). The van der Waals surface area contributed by atoms with E-state index in [2.05, 4.69) is 0 Å². The van der Waals surface area contributed by atoms with Crippen LogP contribution >= 0.6 is 11.6 Å². The third-order valence-corrected chi connectivity index (χ3v) is 5.91. The molecule has 0 saturated heterocycles. The number of benzene rings is 1. The third-order valence-electron chi connectivity index (χ3n) is 3.61. The Kier molecular flexibility index (Phi) is 4.36. The number of hydrogen-bond donors (Lipinski definition) is 1. The fourth-order valence-corrected chi connectivity index (χ4v) is 3.88. The van der Waals surface area contributed by atoms with Gasteiger partial charge in [0.25, 0.3) is 0 Å². The zero-order valence-electron chi connectivity index (χ0n) is 11.0. The SMILES string of the molecule is CN(CC1CCC1)S(=O)(=O)c1cc(C(=O)O)ccc1Cl. The monoisotopic (exact) mass is 317 g/mol. The largest absolute Gasteiger partial charge is 0.478 e. The molecule has 110 valence electrons. The van der Waals surface area contributed by atoms with E-state index in [-0.39, 0.29) is 15.5 Å². The van der Waals surface area contributed by atoms with Gasteiger partial charge in [-0.3, -0.25) is 0 Å². The summed E-state index contributed by atoms with van der Waals surface area (Å²) in [6.45, 7) is 0.440. The molecule has 20 heavy (non-hydrogen) atoms. The van der Waals surface area contributed by atoms with Crippen molar-refractivity contribution in [3.05, 3.63) is 28.8 Å². The predicted molar refractivity (Wildman–Crippen MR) is 75.6 cm³/mol. The first kappa shape index (κ1) is 15.3. The maximum atomic E-state index is 12.5. The number of sulfonamides is 1. The van der Waals surface area contributed by atoms with Gasteiger partial charge in [-0.1, -0.05) is 18.0 Å². The number of nitrogens with zero attached hydrogens (tertiary/aromatic N) is 1. The van der Waals surface area contributed by atoms with E-state index in [9.17, 15) is 13.2 Å². The number of carbonyl (C=O) groups is 1. The van der Waals surface area contributed by atoms with Crippen molar-refractivity contribution in [3.63, 3.8) is 0 Å². The molecule has 0 radical (unpaired) electrons. The number of aromatic carboxylic acids is 1. The quantitative estimate of drug-likeness (QED) is 0.905. The van der Waals surface area contributed by atoms with Crippen LogP contribution in [0.1, 0.15) is 29.6 Å². The van der Waals surface area contributed by atoms with Gasteiger partial charge in [0, 0.05) is 13.6 Å². The summed E-state index contributed by atoms with van der Waals surface area (Å²) in [6, 6.07) is 3.70. The van der Waals surface area contributed by atoms with Crippen LogP contribution in [0.5, 0.6) is 0 Å². The van der Waals surface area contributed by atoms with Crippen LogP contribution in [0, 0.1) is 5.92 Å². The van der Waals surface area contributed by atoms with Gasteiger partial charge in [0.15, 0.2) is 0 Å². The highest BCUT2D eigenvalue weighted by Gasteiger charge is 2.28. The van der Waals surface area contributed by atoms with Crippen LogP contribution < -0.4 is 0 Å². The summed E-state index contributed by atoms with van der Waals surface area (Å²) in [6.07, 6.45) is 3.19. The molecule has 0 aliphatic heterocycles. The fourth-order valence-electron chi connectivity index (χ4n) is 2.14. The fraction of sp³-hybridized carbons (Fsp3) is 0.462. The van der Waals surface area contributed by atoms with Gasteiger partial charge in [0.2, 0.25) is 10.0 Å². The number of rotatable bonds is 5. The molecule has 1 aromatic carbocycles. The number of halogens is 1. The Balaban J connectivity index is 2.32. The molecule has 0 amide bonds. The molecule has 1 fully saturated rings. The highest BCUT2D eigenvalue weighted by molar-refractivity contribution is 7.89. The Morgan fingerprint density at radius 2 is 2.10 bits per heavy atom. The van der Waals surface area contributed by atoms with Crippen LogP contribution in [-0.2, 0) is 10.0 Å². The average molecular weight is 318 g/mol. The predicted octanol–water partition coefficient (Wildman–Crippen LogP) is 2.46. The second-order valence-electron chi connectivity index (χ2n) is 5.03. The molecule has 1 saturated carbocycles. The average Bonchev–Trinajstić information content (AvgIpc) is 2.33. The van der Waals surface area contributed by atoms with Crippen molar-refractivity contribution in [1.29, 1.82) is 0 Å². The van der Waals surface area contributed by atoms with E-state index in [1.54, 1.807) is 0 Å². The lowest BCUT2D eigenvalue weighted by Gasteiger charge is -2.29. The van der Waals surface area contributed by atoms with Gasteiger partial charge in [-0.2, -0.15) is 0 Å². The lowest BCUT2D eigenvalue weighted by Crippen LogP contribution is -2.34.